The maximum absolute atomic E-state index is 13.9. The molecule has 2 aromatic carbocycles. The minimum Gasteiger partial charge on any atom is -0.457 e. The number of benzene rings is 2. The largest absolute Gasteiger partial charge is 0.457 e. The molecule has 0 fully saturated rings. The van der Waals surface area contributed by atoms with Crippen LogP contribution in [0.2, 0.25) is 0 Å². The van der Waals surface area contributed by atoms with Crippen molar-refractivity contribution in [3.63, 3.8) is 0 Å². The summed E-state index contributed by atoms with van der Waals surface area (Å²) in [4.78, 5) is 50.9. The number of hydrogen-bond donors (Lipinski definition) is 0. The summed E-state index contributed by atoms with van der Waals surface area (Å²) in [6.07, 6.45) is 2.81. The Hall–Kier alpha value is -4.79. The van der Waals surface area contributed by atoms with Crippen LogP contribution in [0.25, 0.3) is 22.3 Å². The Kier molecular flexibility index (Phi) is 5.38. The van der Waals surface area contributed by atoms with Crippen LogP contribution in [-0.2, 0) is 44.2 Å². The maximum Gasteiger partial charge on any atom is 0.355 e. The second-order valence-electron chi connectivity index (χ2n) is 10.3. The predicted molar refractivity (Wildman–Crippen MR) is 150 cm³/mol. The quantitative estimate of drug-likeness (QED) is 0.309. The van der Waals surface area contributed by atoms with Gasteiger partial charge < -0.3 is 18.9 Å². The number of aliphatic imine (C=N–C) groups is 1. The van der Waals surface area contributed by atoms with E-state index in [1.54, 1.807) is 17.6 Å². The molecule has 0 spiro atoms. The monoisotopic (exact) mass is 534 g/mol. The van der Waals surface area contributed by atoms with Gasteiger partial charge in [0.1, 0.15) is 6.61 Å². The predicted octanol–water partition coefficient (Wildman–Crippen LogP) is 4.37. The van der Waals surface area contributed by atoms with Gasteiger partial charge >= 0.3 is 11.9 Å². The van der Waals surface area contributed by atoms with Gasteiger partial charge in [-0.05, 0) is 36.6 Å². The van der Waals surface area contributed by atoms with Gasteiger partial charge in [0.05, 0.1) is 52.1 Å². The number of carbonyl (C=O) groups is 2. The molecule has 0 bridgehead atoms. The van der Waals surface area contributed by atoms with Crippen LogP contribution in [0.5, 0.6) is 0 Å². The van der Waals surface area contributed by atoms with Crippen molar-refractivity contribution in [2.24, 2.45) is 4.99 Å². The number of cyclic esters (lactones) is 1. The first-order valence-corrected chi connectivity index (χ1v) is 13.4. The van der Waals surface area contributed by atoms with Crippen LogP contribution in [0.3, 0.4) is 0 Å². The molecule has 0 unspecified atom stereocenters. The first-order chi connectivity index (χ1) is 19.4. The van der Waals surface area contributed by atoms with Gasteiger partial charge in [0.25, 0.3) is 5.56 Å². The summed E-state index contributed by atoms with van der Waals surface area (Å²) in [5, 5.41) is 0.948. The van der Waals surface area contributed by atoms with E-state index >= 15 is 0 Å². The zero-order valence-electron chi connectivity index (χ0n) is 22.1. The van der Waals surface area contributed by atoms with Crippen molar-refractivity contribution in [2.45, 2.75) is 45.4 Å². The van der Waals surface area contributed by atoms with Crippen molar-refractivity contribution in [3.8, 4) is 11.4 Å². The number of pyridine rings is 2. The summed E-state index contributed by atoms with van der Waals surface area (Å²) in [7, 11) is 0. The summed E-state index contributed by atoms with van der Waals surface area (Å²) in [6.45, 7) is 3.83. The molecule has 40 heavy (non-hydrogen) atoms. The molecule has 0 aliphatic carbocycles. The number of esters is 2. The molecule has 9 heteroatoms. The van der Waals surface area contributed by atoms with Crippen molar-refractivity contribution in [3.05, 3.63) is 87.2 Å². The first kappa shape index (κ1) is 24.3. The fourth-order valence-corrected chi connectivity index (χ4v) is 6.17. The van der Waals surface area contributed by atoms with E-state index in [0.717, 1.165) is 34.3 Å². The summed E-state index contributed by atoms with van der Waals surface area (Å²) in [6, 6.07) is 17.9. The zero-order valence-corrected chi connectivity index (χ0v) is 22.1. The van der Waals surface area contributed by atoms with Crippen LogP contribution in [0.4, 0.5) is 11.4 Å². The van der Waals surface area contributed by atoms with E-state index in [0.29, 0.717) is 35.6 Å². The highest BCUT2D eigenvalue weighted by Gasteiger charge is 2.50. The smallest absolute Gasteiger partial charge is 0.355 e. The third-order valence-corrected chi connectivity index (χ3v) is 8.06. The van der Waals surface area contributed by atoms with E-state index in [2.05, 4.69) is 17.0 Å². The SMILES string of the molecule is CC[C@@]1(OC(C)=O)C(=O)OCc2c1cc1n(c2=O)Cc2c-1nc1cccc3c1c2N(CCc1ccccc1)C=N3. The van der Waals surface area contributed by atoms with Gasteiger partial charge in [-0.25, -0.2) is 14.8 Å². The van der Waals surface area contributed by atoms with Crippen molar-refractivity contribution in [2.75, 3.05) is 11.4 Å². The van der Waals surface area contributed by atoms with Crippen LogP contribution in [-0.4, -0.2) is 34.4 Å². The summed E-state index contributed by atoms with van der Waals surface area (Å²) < 4.78 is 12.7. The number of anilines is 1. The average molecular weight is 535 g/mol. The van der Waals surface area contributed by atoms with Gasteiger partial charge in [0, 0.05) is 24.6 Å². The average Bonchev–Trinajstić information content (AvgIpc) is 3.33. The fraction of sp³-hybridized carbons (Fsp3) is 0.258. The molecule has 0 radical (unpaired) electrons. The van der Waals surface area contributed by atoms with E-state index < -0.39 is 17.5 Å². The highest BCUT2D eigenvalue weighted by Crippen LogP contribution is 2.46. The second-order valence-corrected chi connectivity index (χ2v) is 10.3. The Balaban J connectivity index is 1.42. The fourth-order valence-electron chi connectivity index (χ4n) is 6.17. The molecule has 0 saturated heterocycles. The Morgan fingerprint density at radius 1 is 1.10 bits per heavy atom. The minimum absolute atomic E-state index is 0.137. The van der Waals surface area contributed by atoms with Gasteiger partial charge in [0.2, 0.25) is 5.60 Å². The highest BCUT2D eigenvalue weighted by molar-refractivity contribution is 6.11. The van der Waals surface area contributed by atoms with Crippen molar-refractivity contribution < 1.29 is 19.1 Å². The molecule has 0 amide bonds. The van der Waals surface area contributed by atoms with E-state index in [1.165, 1.54) is 12.5 Å². The van der Waals surface area contributed by atoms with Crippen molar-refractivity contribution in [1.29, 1.82) is 0 Å². The third-order valence-electron chi connectivity index (χ3n) is 8.06. The standard InChI is InChI=1S/C31H26N4O5/c1-3-31(40-18(2)36)22-14-25-27-20(15-35(25)29(37)21(22)16-39-30(31)38)28-26-23(10-7-11-24(26)33-27)32-17-34(28)13-12-19-8-5-4-6-9-19/h4-11,14,17H,3,12-13,15-16H2,1-2H3/t31-/m0/s1. The molecular weight excluding hydrogens is 508 g/mol. The van der Waals surface area contributed by atoms with Crippen molar-refractivity contribution >= 4 is 40.6 Å². The van der Waals surface area contributed by atoms with Gasteiger partial charge in [-0.3, -0.25) is 9.59 Å². The van der Waals surface area contributed by atoms with E-state index in [1.807, 2.05) is 42.7 Å². The van der Waals surface area contributed by atoms with E-state index in [4.69, 9.17) is 19.5 Å². The molecule has 5 heterocycles. The van der Waals surface area contributed by atoms with Crippen LogP contribution in [0.1, 0.15) is 42.5 Å². The maximum atomic E-state index is 13.9. The molecule has 9 nitrogen and oxygen atoms in total. The molecule has 3 aliphatic rings. The van der Waals surface area contributed by atoms with Crippen molar-refractivity contribution in [1.82, 2.24) is 9.55 Å². The van der Waals surface area contributed by atoms with Gasteiger partial charge in [-0.15, -0.1) is 0 Å². The Morgan fingerprint density at radius 3 is 2.70 bits per heavy atom. The topological polar surface area (TPSA) is 103 Å². The third kappa shape index (κ3) is 3.43. The molecule has 3 aliphatic heterocycles. The van der Waals surface area contributed by atoms with Crippen LogP contribution < -0.4 is 10.5 Å². The van der Waals surface area contributed by atoms with Gasteiger partial charge in [0.15, 0.2) is 0 Å². The van der Waals surface area contributed by atoms with Crippen LogP contribution in [0.15, 0.2) is 64.4 Å². The highest BCUT2D eigenvalue weighted by atomic mass is 16.6. The molecule has 2 aromatic heterocycles. The Bertz CT molecular complexity index is 1830. The lowest BCUT2D eigenvalue weighted by Gasteiger charge is -2.35. The Labute approximate surface area is 229 Å². The second kappa shape index (κ2) is 8.87. The number of rotatable bonds is 5. The first-order valence-electron chi connectivity index (χ1n) is 13.4. The molecule has 0 saturated carbocycles. The normalized spacial score (nSPS) is 18.2. The molecule has 4 aromatic rings. The van der Waals surface area contributed by atoms with Gasteiger partial charge in [-0.2, -0.15) is 0 Å². The van der Waals surface area contributed by atoms with E-state index in [-0.39, 0.29) is 18.6 Å². The van der Waals surface area contributed by atoms with Crippen LogP contribution in [0, 0.1) is 0 Å². The number of fused-ring (bicyclic) bond motifs is 5. The van der Waals surface area contributed by atoms with E-state index in [9.17, 15) is 14.4 Å². The molecule has 7 rings (SSSR count). The molecule has 200 valence electrons. The molecule has 1 atom stereocenters. The van der Waals surface area contributed by atoms with Crippen LogP contribution >= 0.6 is 0 Å². The number of nitrogens with zero attached hydrogens (tertiary/aromatic N) is 4. The van der Waals surface area contributed by atoms with Gasteiger partial charge in [-0.1, -0.05) is 43.3 Å². The zero-order chi connectivity index (χ0) is 27.6. The summed E-state index contributed by atoms with van der Waals surface area (Å²) in [5.41, 5.74) is 4.72. The summed E-state index contributed by atoms with van der Waals surface area (Å²) >= 11 is 0. The number of carbonyl (C=O) groups excluding carboxylic acids is 2. The minimum atomic E-state index is -1.68. The Morgan fingerprint density at radius 2 is 1.93 bits per heavy atom. The lowest BCUT2D eigenvalue weighted by Crippen LogP contribution is -2.47. The molecule has 0 N–H and O–H groups in total. The lowest BCUT2D eigenvalue weighted by atomic mass is 9.85. The number of ether oxygens (including phenoxy) is 2. The summed E-state index contributed by atoms with van der Waals surface area (Å²) in [5.74, 6) is -1.29. The molecular formula is C31H26N4O5. The lowest BCUT2D eigenvalue weighted by molar-refractivity contribution is -0.188. The number of aromatic nitrogens is 2. The number of hydrogen-bond acceptors (Lipinski definition) is 8.